The molecule has 0 radical (unpaired) electrons. The van der Waals surface area contributed by atoms with E-state index in [0.717, 1.165) is 10.5 Å². The first kappa shape index (κ1) is 16.9. The predicted octanol–water partition coefficient (Wildman–Crippen LogP) is 0.490. The van der Waals surface area contributed by atoms with Gasteiger partial charge >= 0.3 is 0 Å². The van der Waals surface area contributed by atoms with Crippen LogP contribution in [-0.2, 0) is 34.0 Å². The number of carbonyl (C=O) groups is 1. The highest BCUT2D eigenvalue weighted by atomic mass is 35.5. The van der Waals surface area contributed by atoms with Crippen molar-refractivity contribution in [2.24, 2.45) is 0 Å². The highest BCUT2D eigenvalue weighted by Crippen LogP contribution is 2.36. The fourth-order valence-corrected chi connectivity index (χ4v) is 5.55. The van der Waals surface area contributed by atoms with Gasteiger partial charge in [0.2, 0.25) is 0 Å². The van der Waals surface area contributed by atoms with Crippen LogP contribution in [0, 0.1) is 0 Å². The molecule has 0 bridgehead atoms. The van der Waals surface area contributed by atoms with E-state index in [1.807, 2.05) is 0 Å². The van der Waals surface area contributed by atoms with Crippen LogP contribution < -0.4 is 0 Å². The molecule has 3 rings (SSSR count). The monoisotopic (exact) mass is 379 g/mol. The quantitative estimate of drug-likeness (QED) is 0.555. The normalized spacial score (nSPS) is 25.0. The molecule has 1 aliphatic carbocycles. The second kappa shape index (κ2) is 5.87. The fraction of sp³-hybridized carbons (Fsp3) is 0.500. The lowest BCUT2D eigenvalue weighted by atomic mass is 10.4. The molecule has 8 nitrogen and oxygen atoms in total. The van der Waals surface area contributed by atoms with Crippen LogP contribution in [0.1, 0.15) is 12.8 Å². The number of amides is 1. The van der Waals surface area contributed by atoms with Crippen LogP contribution in [0.3, 0.4) is 0 Å². The van der Waals surface area contributed by atoms with Crippen molar-refractivity contribution in [3.8, 4) is 0 Å². The fourth-order valence-electron chi connectivity index (χ4n) is 2.33. The van der Waals surface area contributed by atoms with Crippen LogP contribution in [0.15, 0.2) is 23.2 Å². The Morgan fingerprint density at radius 2 is 1.91 bits per heavy atom. The van der Waals surface area contributed by atoms with Crippen molar-refractivity contribution in [2.75, 3.05) is 19.6 Å². The average molecular weight is 380 g/mol. The van der Waals surface area contributed by atoms with Crippen molar-refractivity contribution >= 4 is 38.3 Å². The van der Waals surface area contributed by atoms with Crippen molar-refractivity contribution < 1.29 is 22.3 Å². The van der Waals surface area contributed by atoms with Crippen LogP contribution >= 0.6 is 11.6 Å². The summed E-state index contributed by atoms with van der Waals surface area (Å²) in [5.74, 6) is -0.768. The van der Waals surface area contributed by atoms with Crippen LogP contribution in [0.25, 0.3) is 0 Å². The van der Waals surface area contributed by atoms with Crippen molar-refractivity contribution in [1.82, 2.24) is 13.6 Å². The number of aromatic nitrogens is 1. The average Bonchev–Trinajstić information content (AvgIpc) is 3.32. The van der Waals surface area contributed by atoms with Crippen LogP contribution in [-0.4, -0.2) is 53.5 Å². The second-order valence-corrected chi connectivity index (χ2v) is 9.83. The van der Waals surface area contributed by atoms with Crippen molar-refractivity contribution in [3.63, 3.8) is 0 Å². The Morgan fingerprint density at radius 1 is 1.22 bits per heavy atom. The molecule has 1 saturated carbocycles. The molecule has 11 heteroatoms. The van der Waals surface area contributed by atoms with E-state index >= 15 is 0 Å². The molecule has 0 spiro atoms. The maximum absolute atomic E-state index is 12.5. The number of hydrogen-bond donors (Lipinski definition) is 0. The van der Waals surface area contributed by atoms with Gasteiger partial charge in [0.1, 0.15) is 27.3 Å². The lowest BCUT2D eigenvalue weighted by molar-refractivity contribution is -0.129. The zero-order valence-corrected chi connectivity index (χ0v) is 14.3. The highest BCUT2D eigenvalue weighted by molar-refractivity contribution is 7.96. The maximum Gasteiger partial charge on any atom is 0.282 e. The minimum absolute atomic E-state index is 0.0369. The Bertz CT molecular complexity index is 724. The smallest absolute Gasteiger partial charge is 0.282 e. The third-order valence-electron chi connectivity index (χ3n) is 3.74. The Labute approximate surface area is 140 Å². The Hall–Kier alpha value is -0.910. The van der Waals surface area contributed by atoms with Crippen molar-refractivity contribution in [1.29, 1.82) is 0 Å². The summed E-state index contributed by atoms with van der Waals surface area (Å²) >= 11 is 5.62. The summed E-state index contributed by atoms with van der Waals surface area (Å²) in [5.41, 5.74) is 0. The van der Waals surface area contributed by atoms with Gasteiger partial charge in [0.05, 0.1) is 19.3 Å². The van der Waals surface area contributed by atoms with Gasteiger partial charge in [-0.25, -0.2) is 4.98 Å². The van der Waals surface area contributed by atoms with Crippen LogP contribution in [0.2, 0.25) is 5.15 Å². The van der Waals surface area contributed by atoms with Gasteiger partial charge in [0.25, 0.3) is 5.91 Å². The minimum atomic E-state index is -4.06. The summed E-state index contributed by atoms with van der Waals surface area (Å²) in [7, 11) is -7.56. The first-order valence-electron chi connectivity index (χ1n) is 6.89. The number of hydrogen-bond acceptors (Lipinski definition) is 6. The Balaban J connectivity index is 1.77. The van der Waals surface area contributed by atoms with Gasteiger partial charge in [0, 0.05) is 12.8 Å². The molecule has 126 valence electrons. The van der Waals surface area contributed by atoms with E-state index in [1.165, 1.54) is 12.1 Å². The molecule has 2 unspecified atom stereocenters. The van der Waals surface area contributed by atoms with Gasteiger partial charge in [-0.3, -0.25) is 4.79 Å². The third-order valence-corrected chi connectivity index (χ3v) is 8.11. The number of rotatable bonds is 4. The number of carbonyl (C=O) groups excluding carboxylic acids is 1. The molecular weight excluding hydrogens is 366 g/mol. The van der Waals surface area contributed by atoms with E-state index in [9.17, 15) is 22.3 Å². The molecule has 0 N–H and O–H groups in total. The molecule has 2 aliphatic rings. The van der Waals surface area contributed by atoms with Gasteiger partial charge in [0.15, 0.2) is 15.3 Å². The van der Waals surface area contributed by atoms with Crippen LogP contribution in [0.4, 0.5) is 0 Å². The molecule has 23 heavy (non-hydrogen) atoms. The van der Waals surface area contributed by atoms with Gasteiger partial charge in [-0.05, 0) is 12.1 Å². The Kier molecular flexibility index (Phi) is 4.32. The number of piperazine rings is 1. The molecular formula is C12H14ClN3O5S2. The molecule has 1 aromatic rings. The van der Waals surface area contributed by atoms with E-state index in [0.29, 0.717) is 17.1 Å². The first-order chi connectivity index (χ1) is 10.7. The molecule has 1 saturated heterocycles. The van der Waals surface area contributed by atoms with E-state index in [1.54, 1.807) is 0 Å². The summed E-state index contributed by atoms with van der Waals surface area (Å²) in [6.45, 7) is -0.709. The van der Waals surface area contributed by atoms with E-state index in [4.69, 9.17) is 11.6 Å². The van der Waals surface area contributed by atoms with Crippen LogP contribution in [0.5, 0.6) is 0 Å². The predicted molar refractivity (Wildman–Crippen MR) is 81.5 cm³/mol. The van der Waals surface area contributed by atoms with E-state index < -0.39 is 38.5 Å². The molecule has 1 aliphatic heterocycles. The summed E-state index contributed by atoms with van der Waals surface area (Å²) < 4.78 is 51.0. The third kappa shape index (κ3) is 3.19. The molecule has 0 aromatic carbocycles. The zero-order valence-electron chi connectivity index (χ0n) is 11.9. The summed E-state index contributed by atoms with van der Waals surface area (Å²) in [6, 6.07) is 2.57. The van der Waals surface area contributed by atoms with Gasteiger partial charge < -0.3 is 9.11 Å². The second-order valence-electron chi connectivity index (χ2n) is 5.37. The summed E-state index contributed by atoms with van der Waals surface area (Å²) in [6.07, 6.45) is 2.25. The molecule has 2 heterocycles. The first-order valence-corrected chi connectivity index (χ1v) is 10.2. The summed E-state index contributed by atoms with van der Waals surface area (Å²) in [4.78, 5) is 15.7. The van der Waals surface area contributed by atoms with E-state index in [2.05, 4.69) is 4.98 Å². The van der Waals surface area contributed by atoms with E-state index in [-0.39, 0.29) is 23.1 Å². The molecule has 1 amide bonds. The highest BCUT2D eigenvalue weighted by Gasteiger charge is 2.49. The zero-order chi connectivity index (χ0) is 16.8. The standard InChI is InChI=1S/C12H14ClN3O5S2/c13-11-4-3-10(7-14-11)23(20,21)16-6-5-15(8-12(16)17)22(18,19)9-1-2-9/h3-4,7,9H,1-2,5-6,8H2. The largest absolute Gasteiger partial charge is 0.597 e. The number of sulfonamides is 2. The molecule has 2 atom stereocenters. The van der Waals surface area contributed by atoms with Gasteiger partial charge in [-0.1, -0.05) is 20.0 Å². The van der Waals surface area contributed by atoms with Crippen molar-refractivity contribution in [2.45, 2.75) is 23.0 Å². The van der Waals surface area contributed by atoms with Gasteiger partial charge in [-0.2, -0.15) is 4.31 Å². The van der Waals surface area contributed by atoms with Crippen molar-refractivity contribution in [3.05, 3.63) is 23.5 Å². The molecule has 2 fully saturated rings. The molecule has 1 aromatic heterocycles. The topological polar surface area (TPSA) is 117 Å². The SMILES string of the molecule is O=C1CN([S+](=O)([O-])C2CC2)CCN1[S+](=O)([O-])c1ccc(Cl)nc1. The summed E-state index contributed by atoms with van der Waals surface area (Å²) in [5, 5.41) is -0.297. The number of nitrogens with zero attached hydrogens (tertiary/aromatic N) is 3. The number of halogens is 1. The Morgan fingerprint density at radius 3 is 2.43 bits per heavy atom. The number of pyridine rings is 1. The minimum Gasteiger partial charge on any atom is -0.597 e. The lowest BCUT2D eigenvalue weighted by Gasteiger charge is -2.36. The lowest BCUT2D eigenvalue weighted by Crippen LogP contribution is -2.57. The van der Waals surface area contributed by atoms with Gasteiger partial charge in [-0.15, -0.1) is 4.31 Å². The maximum atomic E-state index is 12.5.